The number of rotatable bonds is 4. The molecule has 2 aromatic heterocycles. The molecule has 0 aromatic carbocycles. The number of hydrogen-bond acceptors (Lipinski definition) is 4. The molecule has 0 spiro atoms. The summed E-state index contributed by atoms with van der Waals surface area (Å²) in [6, 6.07) is 0. The Morgan fingerprint density at radius 2 is 1.79 bits per heavy atom. The van der Waals surface area contributed by atoms with Gasteiger partial charge in [0.05, 0.1) is 5.56 Å². The number of aryl methyl sites for hydroxylation is 1. The number of hydrogen-bond donors (Lipinski definition) is 1. The van der Waals surface area contributed by atoms with Gasteiger partial charge in [0.2, 0.25) is 5.78 Å². The number of allylic oxidation sites excluding steroid dienone is 1. The lowest BCUT2D eigenvalue weighted by atomic mass is 10.1. The van der Waals surface area contributed by atoms with Crippen molar-refractivity contribution in [2.75, 3.05) is 6.54 Å². The van der Waals surface area contributed by atoms with E-state index in [2.05, 4.69) is 9.98 Å². The van der Waals surface area contributed by atoms with Gasteiger partial charge in [-0.25, -0.2) is 4.98 Å². The summed E-state index contributed by atoms with van der Waals surface area (Å²) in [4.78, 5) is 18.6. The second-order valence-electron chi connectivity index (χ2n) is 5.51. The van der Waals surface area contributed by atoms with Gasteiger partial charge in [0.15, 0.2) is 5.69 Å². The summed E-state index contributed by atoms with van der Waals surface area (Å²) in [5, 5.41) is 0. The molecule has 14 heteroatoms. The molecule has 2 N–H and O–H groups in total. The van der Waals surface area contributed by atoms with Crippen molar-refractivity contribution in [1.82, 2.24) is 14.0 Å². The van der Waals surface area contributed by atoms with Crippen molar-refractivity contribution in [3.8, 4) is 0 Å². The summed E-state index contributed by atoms with van der Waals surface area (Å²) in [6.07, 6.45) is -8.06. The summed E-state index contributed by atoms with van der Waals surface area (Å²) in [6.45, 7) is -2.10. The molecule has 0 bridgehead atoms. The highest BCUT2D eigenvalue weighted by atomic mass is 19.4. The van der Waals surface area contributed by atoms with Crippen LogP contribution >= 0.6 is 0 Å². The number of aliphatic imine (C=N–C) groups is 1. The molecule has 0 atom stereocenters. The van der Waals surface area contributed by atoms with E-state index >= 15 is 0 Å². The van der Waals surface area contributed by atoms with Crippen LogP contribution in [0.2, 0.25) is 0 Å². The second kappa shape index (κ2) is 6.91. The number of aromatic nitrogens is 3. The van der Waals surface area contributed by atoms with E-state index in [0.29, 0.717) is 6.20 Å². The number of fused-ring (bicyclic) bond motifs is 1. The number of nitrogens with two attached hydrogens (primary N) is 1. The molecule has 0 aliphatic carbocycles. The predicted octanol–water partition coefficient (Wildman–Crippen LogP) is 2.62. The van der Waals surface area contributed by atoms with E-state index in [0.717, 1.165) is 15.2 Å². The average Bonchev–Trinajstić information content (AvgIpc) is 2.92. The van der Waals surface area contributed by atoms with Crippen LogP contribution in [0.5, 0.6) is 0 Å². The van der Waals surface area contributed by atoms with E-state index < -0.39 is 47.2 Å². The zero-order chi connectivity index (χ0) is 21.5. The van der Waals surface area contributed by atoms with Gasteiger partial charge >= 0.3 is 18.3 Å². The molecular weight excluding hydrogens is 406 g/mol. The Labute approximate surface area is 150 Å². The maximum Gasteiger partial charge on any atom is 0.455 e. The molecule has 0 unspecified atom stereocenters. The largest absolute Gasteiger partial charge is 0.455 e. The third-order valence-electron chi connectivity index (χ3n) is 3.52. The van der Waals surface area contributed by atoms with Crippen LogP contribution in [0.3, 0.4) is 0 Å². The standard InChI is InChI=1S/C14H11F8N5O/c1-26-2-3-27-10(28)8(9(13(17,18)19)25-11(26)27)7(4-23)5-24-6-12(15,16)14(20,21)22/h2-5H,6,23H2,1H3. The minimum Gasteiger partial charge on any atom is -0.404 e. The normalized spacial score (nSPS) is 14.4. The van der Waals surface area contributed by atoms with Gasteiger partial charge in [-0.1, -0.05) is 0 Å². The van der Waals surface area contributed by atoms with E-state index in [4.69, 9.17) is 5.73 Å². The van der Waals surface area contributed by atoms with Gasteiger partial charge in [-0.15, -0.1) is 0 Å². The number of alkyl halides is 8. The fraction of sp³-hybridized carbons (Fsp3) is 0.357. The van der Waals surface area contributed by atoms with Crippen molar-refractivity contribution < 1.29 is 35.1 Å². The van der Waals surface area contributed by atoms with Gasteiger partial charge in [-0.3, -0.25) is 14.2 Å². The molecule has 0 fully saturated rings. The lowest BCUT2D eigenvalue weighted by molar-refractivity contribution is -0.276. The molecule has 154 valence electrons. The van der Waals surface area contributed by atoms with Crippen LogP contribution in [0.4, 0.5) is 35.1 Å². The zero-order valence-electron chi connectivity index (χ0n) is 13.8. The minimum atomic E-state index is -5.90. The van der Waals surface area contributed by atoms with Crippen molar-refractivity contribution in [3.05, 3.63) is 40.2 Å². The first-order chi connectivity index (χ1) is 12.7. The van der Waals surface area contributed by atoms with Crippen molar-refractivity contribution >= 4 is 17.6 Å². The highest BCUT2D eigenvalue weighted by Gasteiger charge is 2.57. The number of imidazole rings is 1. The molecule has 2 rings (SSSR count). The van der Waals surface area contributed by atoms with Gasteiger partial charge in [0.25, 0.3) is 5.56 Å². The Balaban J connectivity index is 2.60. The molecule has 0 amide bonds. The molecule has 0 aliphatic rings. The predicted molar refractivity (Wildman–Crippen MR) is 82.0 cm³/mol. The summed E-state index contributed by atoms with van der Waals surface area (Å²) < 4.78 is 104. The Kier molecular flexibility index (Phi) is 5.27. The molecule has 0 saturated heterocycles. The van der Waals surface area contributed by atoms with Crippen molar-refractivity contribution in [1.29, 1.82) is 0 Å². The highest BCUT2D eigenvalue weighted by Crippen LogP contribution is 2.36. The minimum absolute atomic E-state index is 0.239. The highest BCUT2D eigenvalue weighted by molar-refractivity contribution is 6.10. The molecule has 28 heavy (non-hydrogen) atoms. The topological polar surface area (TPSA) is 77.7 Å². The van der Waals surface area contributed by atoms with Crippen molar-refractivity contribution in [2.45, 2.75) is 18.3 Å². The maximum absolute atomic E-state index is 13.4. The first-order valence-corrected chi connectivity index (χ1v) is 7.22. The zero-order valence-corrected chi connectivity index (χ0v) is 13.8. The van der Waals surface area contributed by atoms with E-state index in [1.807, 2.05) is 0 Å². The lowest BCUT2D eigenvalue weighted by Gasteiger charge is -2.17. The van der Waals surface area contributed by atoms with Crippen LogP contribution in [0, 0.1) is 0 Å². The lowest BCUT2D eigenvalue weighted by Crippen LogP contribution is -2.39. The van der Waals surface area contributed by atoms with Crippen LogP contribution in [0.1, 0.15) is 11.3 Å². The average molecular weight is 417 g/mol. The molecule has 2 aromatic rings. The molecule has 6 nitrogen and oxygen atoms in total. The van der Waals surface area contributed by atoms with Gasteiger partial charge in [0.1, 0.15) is 6.54 Å². The van der Waals surface area contributed by atoms with Gasteiger partial charge in [-0.2, -0.15) is 35.1 Å². The van der Waals surface area contributed by atoms with Crippen LogP contribution in [0.15, 0.2) is 28.4 Å². The van der Waals surface area contributed by atoms with Crippen molar-refractivity contribution in [2.24, 2.45) is 17.8 Å². The van der Waals surface area contributed by atoms with E-state index in [1.165, 1.54) is 13.2 Å². The van der Waals surface area contributed by atoms with E-state index in [9.17, 15) is 39.9 Å². The van der Waals surface area contributed by atoms with Crippen LogP contribution in [-0.2, 0) is 13.2 Å². The third-order valence-corrected chi connectivity index (χ3v) is 3.52. The van der Waals surface area contributed by atoms with Crippen molar-refractivity contribution in [3.63, 3.8) is 0 Å². The first kappa shape index (κ1) is 21.4. The summed E-state index contributed by atoms with van der Waals surface area (Å²) >= 11 is 0. The Morgan fingerprint density at radius 3 is 2.29 bits per heavy atom. The summed E-state index contributed by atoms with van der Waals surface area (Å²) in [5.41, 5.74) is 0.250. The Morgan fingerprint density at radius 1 is 1.18 bits per heavy atom. The van der Waals surface area contributed by atoms with Gasteiger partial charge in [-0.05, 0) is 0 Å². The SMILES string of the molecule is Cn1ccn2c(=O)c(C(C=NCC(F)(F)C(F)(F)F)=CN)c(C(F)(F)F)nc12. The fourth-order valence-corrected chi connectivity index (χ4v) is 2.14. The molecular formula is C14H11F8N5O. The van der Waals surface area contributed by atoms with Crippen LogP contribution in [-0.4, -0.2) is 38.8 Å². The maximum atomic E-state index is 13.4. The monoisotopic (exact) mass is 417 g/mol. The van der Waals surface area contributed by atoms with Crippen LogP contribution < -0.4 is 11.3 Å². The fourth-order valence-electron chi connectivity index (χ4n) is 2.14. The van der Waals surface area contributed by atoms with Gasteiger partial charge < -0.3 is 10.3 Å². The second-order valence-corrected chi connectivity index (χ2v) is 5.51. The van der Waals surface area contributed by atoms with E-state index in [1.54, 1.807) is 0 Å². The quantitative estimate of drug-likeness (QED) is 0.614. The smallest absolute Gasteiger partial charge is 0.404 e. The summed E-state index contributed by atoms with van der Waals surface area (Å²) in [5.74, 6) is -5.59. The molecule has 0 saturated carbocycles. The third kappa shape index (κ3) is 3.84. The number of nitrogens with zero attached hydrogens (tertiary/aromatic N) is 4. The van der Waals surface area contributed by atoms with E-state index in [-0.39, 0.29) is 12.0 Å². The van der Waals surface area contributed by atoms with Gasteiger partial charge in [0, 0.05) is 37.4 Å². The molecule has 0 radical (unpaired) electrons. The first-order valence-electron chi connectivity index (χ1n) is 7.22. The number of halogens is 8. The van der Waals surface area contributed by atoms with Crippen LogP contribution in [0.25, 0.3) is 11.4 Å². The Bertz CT molecular complexity index is 996. The Hall–Kier alpha value is -2.93. The molecule has 2 heterocycles. The summed E-state index contributed by atoms with van der Waals surface area (Å²) in [7, 11) is 1.32. The molecule has 0 aliphatic heterocycles.